The lowest BCUT2D eigenvalue weighted by Gasteiger charge is -2.26. The van der Waals surface area contributed by atoms with E-state index < -0.39 is 0 Å². The van der Waals surface area contributed by atoms with Crippen molar-refractivity contribution in [2.24, 2.45) is 0 Å². The minimum atomic E-state index is 0.532. The van der Waals surface area contributed by atoms with Gasteiger partial charge in [-0.3, -0.25) is 24.5 Å². The van der Waals surface area contributed by atoms with E-state index >= 15 is 0 Å². The van der Waals surface area contributed by atoms with Crippen LogP contribution < -0.4 is 0 Å². The average Bonchev–Trinajstić information content (AvgIpc) is 3.70. The van der Waals surface area contributed by atoms with Crippen LogP contribution in [0.15, 0.2) is 147 Å². The van der Waals surface area contributed by atoms with Gasteiger partial charge in [0.1, 0.15) is 10.9 Å². The van der Waals surface area contributed by atoms with Gasteiger partial charge in [0.25, 0.3) is 0 Å². The first-order valence-corrected chi connectivity index (χ1v) is 16.3. The Morgan fingerprint density at radius 1 is 0.521 bits per heavy atom. The van der Waals surface area contributed by atoms with Gasteiger partial charge in [0, 0.05) is 115 Å². The monoisotopic (exact) mass is 632 g/mol. The van der Waals surface area contributed by atoms with E-state index in [1.165, 1.54) is 15.5 Å². The lowest BCUT2D eigenvalue weighted by molar-refractivity contribution is 1.18. The fourth-order valence-corrected chi connectivity index (χ4v) is 8.15. The largest absolute Gasteiger partial charge is 0.299 e. The van der Waals surface area contributed by atoms with Crippen LogP contribution in [0, 0.1) is 11.3 Å². The van der Waals surface area contributed by atoms with Crippen LogP contribution in [0.1, 0.15) is 5.56 Å². The van der Waals surface area contributed by atoms with E-state index in [0.29, 0.717) is 5.56 Å². The highest BCUT2D eigenvalue weighted by molar-refractivity contribution is 7.25. The predicted octanol–water partition coefficient (Wildman–Crippen LogP) is 10.1. The highest BCUT2D eigenvalue weighted by Gasteiger charge is 2.31. The van der Waals surface area contributed by atoms with Crippen molar-refractivity contribution in [3.05, 3.63) is 152 Å². The van der Waals surface area contributed by atoms with Crippen molar-refractivity contribution in [2.75, 3.05) is 0 Å². The van der Waals surface area contributed by atoms with Crippen LogP contribution >= 0.6 is 11.3 Å². The van der Waals surface area contributed by atoms with Crippen molar-refractivity contribution in [1.29, 1.82) is 5.26 Å². The number of benzene rings is 3. The third kappa shape index (κ3) is 4.24. The second-order valence-electron chi connectivity index (χ2n) is 11.4. The summed E-state index contributed by atoms with van der Waals surface area (Å²) in [5, 5.41) is 14.8. The minimum Gasteiger partial charge on any atom is -0.299 e. The van der Waals surface area contributed by atoms with E-state index in [0.717, 1.165) is 65.9 Å². The normalized spacial score (nSPS) is 11.3. The SMILES string of the molecule is N#Cc1c(-c2cccnc2)c(-c2cccnc2)c(-c2cccnc2)c(-n2c3ccccc3c3c4ccccc4sc32)c1-c1cccnc1. The van der Waals surface area contributed by atoms with E-state index in [4.69, 9.17) is 0 Å². The van der Waals surface area contributed by atoms with Crippen LogP contribution in [0.2, 0.25) is 0 Å². The van der Waals surface area contributed by atoms with Gasteiger partial charge in [0.15, 0.2) is 0 Å². The number of para-hydroxylation sites is 1. The van der Waals surface area contributed by atoms with E-state index in [1.54, 1.807) is 36.1 Å². The van der Waals surface area contributed by atoms with Gasteiger partial charge in [0.2, 0.25) is 0 Å². The Bertz CT molecular complexity index is 2660. The predicted molar refractivity (Wildman–Crippen MR) is 194 cm³/mol. The minimum absolute atomic E-state index is 0.532. The molecule has 0 unspecified atom stereocenters. The molecule has 6 heterocycles. The number of thiophene rings is 1. The van der Waals surface area contributed by atoms with Crippen LogP contribution in [0.4, 0.5) is 0 Å². The molecule has 0 N–H and O–H groups in total. The molecule has 0 atom stereocenters. The maximum absolute atomic E-state index is 11.3. The standard InChI is InChI=1S/C41H24N6S/c42-21-32-35(26-9-5-17-43-22-26)37(28-11-7-19-45-24-28)38(29-12-8-20-46-25-29)40(36(32)27-10-6-18-44-23-27)47-33-15-3-1-13-30(33)39-31-14-2-4-16-34(31)48-41(39)47/h1-20,22-25H. The van der Waals surface area contributed by atoms with E-state index in [9.17, 15) is 5.26 Å². The summed E-state index contributed by atoms with van der Waals surface area (Å²) in [4.78, 5) is 19.3. The zero-order valence-corrected chi connectivity index (χ0v) is 26.3. The molecule has 9 rings (SSSR count). The molecular weight excluding hydrogens is 609 g/mol. The van der Waals surface area contributed by atoms with Crippen LogP contribution in [0.25, 0.3) is 81.4 Å². The zero-order chi connectivity index (χ0) is 32.0. The third-order valence-corrected chi connectivity index (χ3v) is 9.96. The Morgan fingerprint density at radius 3 is 1.62 bits per heavy atom. The quantitative estimate of drug-likeness (QED) is 0.189. The third-order valence-electron chi connectivity index (χ3n) is 8.80. The Labute approximate surface area is 279 Å². The van der Waals surface area contributed by atoms with Gasteiger partial charge in [-0.05, 0) is 36.4 Å². The summed E-state index contributed by atoms with van der Waals surface area (Å²) >= 11 is 1.76. The average molecular weight is 633 g/mol. The van der Waals surface area contributed by atoms with Gasteiger partial charge < -0.3 is 0 Å². The fraction of sp³-hybridized carbons (Fsp3) is 0. The highest BCUT2D eigenvalue weighted by Crippen LogP contribution is 2.53. The van der Waals surface area contributed by atoms with Gasteiger partial charge >= 0.3 is 0 Å². The van der Waals surface area contributed by atoms with Crippen molar-refractivity contribution < 1.29 is 0 Å². The number of nitriles is 1. The van der Waals surface area contributed by atoms with Gasteiger partial charge in [-0.25, -0.2) is 0 Å². The van der Waals surface area contributed by atoms with Crippen LogP contribution in [-0.4, -0.2) is 24.5 Å². The first-order chi connectivity index (χ1) is 23.8. The zero-order valence-electron chi connectivity index (χ0n) is 25.4. The molecule has 7 heteroatoms. The molecular formula is C41H24N6S. The van der Waals surface area contributed by atoms with E-state index in [1.807, 2.05) is 61.2 Å². The molecule has 6 aromatic heterocycles. The number of aromatic nitrogens is 5. The lowest BCUT2D eigenvalue weighted by Crippen LogP contribution is -2.07. The smallest absolute Gasteiger partial charge is 0.109 e. The van der Waals surface area contributed by atoms with Gasteiger partial charge in [-0.2, -0.15) is 5.26 Å². The molecule has 0 aliphatic heterocycles. The molecule has 0 aliphatic rings. The van der Waals surface area contributed by atoms with Crippen molar-refractivity contribution in [2.45, 2.75) is 0 Å². The molecule has 0 fully saturated rings. The molecule has 3 aromatic carbocycles. The Balaban J connectivity index is 1.61. The van der Waals surface area contributed by atoms with Crippen LogP contribution in [0.5, 0.6) is 0 Å². The van der Waals surface area contributed by atoms with Crippen molar-refractivity contribution >= 4 is 42.5 Å². The van der Waals surface area contributed by atoms with Crippen LogP contribution in [0.3, 0.4) is 0 Å². The van der Waals surface area contributed by atoms with Gasteiger partial charge in [0.05, 0.1) is 16.8 Å². The number of fused-ring (bicyclic) bond motifs is 5. The van der Waals surface area contributed by atoms with Crippen LogP contribution in [-0.2, 0) is 0 Å². The summed E-state index contributed by atoms with van der Waals surface area (Å²) in [5.74, 6) is 0. The van der Waals surface area contributed by atoms with E-state index in [-0.39, 0.29) is 0 Å². The molecule has 0 aliphatic carbocycles. The summed E-state index contributed by atoms with van der Waals surface area (Å²) < 4.78 is 3.56. The number of nitrogens with zero attached hydrogens (tertiary/aromatic N) is 6. The molecule has 0 amide bonds. The van der Waals surface area contributed by atoms with Crippen molar-refractivity contribution in [3.63, 3.8) is 0 Å². The number of hydrogen-bond acceptors (Lipinski definition) is 6. The van der Waals surface area contributed by atoms with E-state index in [2.05, 4.69) is 91.2 Å². The number of pyridine rings is 4. The molecule has 0 spiro atoms. The number of rotatable bonds is 5. The molecule has 0 saturated carbocycles. The summed E-state index contributed by atoms with van der Waals surface area (Å²) in [6, 6.07) is 35.7. The molecule has 0 radical (unpaired) electrons. The summed E-state index contributed by atoms with van der Waals surface area (Å²) in [6.45, 7) is 0. The molecule has 224 valence electrons. The Kier molecular flexibility index (Phi) is 6.59. The number of hydrogen-bond donors (Lipinski definition) is 0. The molecule has 48 heavy (non-hydrogen) atoms. The fourth-order valence-electron chi connectivity index (χ4n) is 6.92. The van der Waals surface area contributed by atoms with Crippen molar-refractivity contribution in [1.82, 2.24) is 24.5 Å². The molecule has 9 aromatic rings. The van der Waals surface area contributed by atoms with Crippen molar-refractivity contribution in [3.8, 4) is 56.3 Å². The molecule has 0 saturated heterocycles. The molecule has 0 bridgehead atoms. The molecule has 6 nitrogen and oxygen atoms in total. The topological polar surface area (TPSA) is 80.3 Å². The summed E-state index contributed by atoms with van der Waals surface area (Å²) in [7, 11) is 0. The second-order valence-corrected chi connectivity index (χ2v) is 12.5. The Hall–Kier alpha value is -6.49. The summed E-state index contributed by atoms with van der Waals surface area (Å²) in [6.07, 6.45) is 14.5. The van der Waals surface area contributed by atoms with Gasteiger partial charge in [-0.1, -0.05) is 60.7 Å². The maximum Gasteiger partial charge on any atom is 0.109 e. The first kappa shape index (κ1) is 27.8. The lowest BCUT2D eigenvalue weighted by atomic mass is 9.80. The first-order valence-electron chi connectivity index (χ1n) is 15.5. The maximum atomic E-state index is 11.3. The second kappa shape index (κ2) is 11.4. The summed E-state index contributed by atoms with van der Waals surface area (Å²) in [5.41, 5.74) is 9.33. The van der Waals surface area contributed by atoms with Gasteiger partial charge in [-0.15, -0.1) is 11.3 Å². The highest BCUT2D eigenvalue weighted by atomic mass is 32.1. The Morgan fingerprint density at radius 2 is 1.04 bits per heavy atom.